The third kappa shape index (κ3) is 5.74. The number of aliphatic hydroxyl groups is 1. The summed E-state index contributed by atoms with van der Waals surface area (Å²) in [6.07, 6.45) is 3.50. The summed E-state index contributed by atoms with van der Waals surface area (Å²) < 4.78 is 10.8. The summed E-state index contributed by atoms with van der Waals surface area (Å²) >= 11 is 0. The van der Waals surface area contributed by atoms with Crippen molar-refractivity contribution < 1.29 is 19.4 Å². The topological polar surface area (TPSA) is 115 Å². The van der Waals surface area contributed by atoms with Gasteiger partial charge in [-0.25, -0.2) is 0 Å². The minimum atomic E-state index is -0.656. The summed E-state index contributed by atoms with van der Waals surface area (Å²) in [5.74, 6) is 0.583. The molecule has 1 saturated carbocycles. The zero-order chi connectivity index (χ0) is 20.0. The molecule has 0 bridgehead atoms. The number of carbonyl (C=O) groups is 1. The largest absolute Gasteiger partial charge is 0.467 e. The van der Waals surface area contributed by atoms with Gasteiger partial charge in [0.25, 0.3) is 0 Å². The van der Waals surface area contributed by atoms with Crippen LogP contribution in [0.3, 0.4) is 0 Å². The molecule has 0 heterocycles. The summed E-state index contributed by atoms with van der Waals surface area (Å²) in [6.45, 7) is 5.89. The van der Waals surface area contributed by atoms with Gasteiger partial charge < -0.3 is 19.9 Å². The number of amidine groups is 1. The van der Waals surface area contributed by atoms with Crippen LogP contribution in [0.1, 0.15) is 49.5 Å². The molecule has 7 heteroatoms. The van der Waals surface area contributed by atoms with E-state index in [4.69, 9.17) is 20.3 Å². The monoisotopic (exact) mass is 373 g/mol. The first-order valence-electron chi connectivity index (χ1n) is 8.90. The van der Waals surface area contributed by atoms with Crippen molar-refractivity contribution in [1.29, 1.82) is 10.8 Å². The first kappa shape index (κ1) is 20.8. The van der Waals surface area contributed by atoms with E-state index in [1.165, 1.54) is 0 Å². The van der Waals surface area contributed by atoms with E-state index in [1.807, 2.05) is 6.92 Å². The van der Waals surface area contributed by atoms with Crippen LogP contribution in [0.4, 0.5) is 0 Å². The standard InChI is InChI=1S/C20H27N3O4/c1-4-26-12-27-17-8-14(11-24)5-6-16(17)19(22)13(2)7-18(21)23-15-9-20(3,25)10-15/h5-8,11,15,22,25H,4,9-10,12H2,1-3H3,(H2,21,23)/b13-7-,22-19?/t15-,20+. The molecular formula is C20H27N3O4. The Bertz CT molecular complexity index is 748. The van der Waals surface area contributed by atoms with Crippen LogP contribution in [0.15, 0.2) is 29.8 Å². The molecular weight excluding hydrogens is 346 g/mol. The molecule has 1 aliphatic carbocycles. The van der Waals surface area contributed by atoms with Gasteiger partial charge in [-0.3, -0.25) is 15.6 Å². The number of allylic oxidation sites excluding steroid dienone is 1. The molecule has 1 aromatic carbocycles. The van der Waals surface area contributed by atoms with E-state index in [0.717, 1.165) is 6.29 Å². The summed E-state index contributed by atoms with van der Waals surface area (Å²) in [5, 5.41) is 29.3. The van der Waals surface area contributed by atoms with Crippen LogP contribution < -0.4 is 10.1 Å². The number of hydrogen-bond donors (Lipinski definition) is 4. The van der Waals surface area contributed by atoms with Crippen molar-refractivity contribution in [2.24, 2.45) is 0 Å². The smallest absolute Gasteiger partial charge is 0.189 e. The molecule has 0 spiro atoms. The summed E-state index contributed by atoms with van der Waals surface area (Å²) in [6, 6.07) is 4.92. The van der Waals surface area contributed by atoms with E-state index in [0.29, 0.717) is 41.9 Å². The summed E-state index contributed by atoms with van der Waals surface area (Å²) in [4.78, 5) is 11.0. The van der Waals surface area contributed by atoms with Crippen LogP contribution in [0, 0.1) is 10.8 Å². The predicted molar refractivity (Wildman–Crippen MR) is 104 cm³/mol. The zero-order valence-corrected chi connectivity index (χ0v) is 16.0. The molecule has 7 nitrogen and oxygen atoms in total. The first-order valence-corrected chi connectivity index (χ1v) is 8.90. The molecule has 2 rings (SSSR count). The molecule has 1 fully saturated rings. The van der Waals surface area contributed by atoms with Crippen LogP contribution in [-0.2, 0) is 4.74 Å². The highest BCUT2D eigenvalue weighted by molar-refractivity contribution is 6.14. The third-order valence-electron chi connectivity index (χ3n) is 4.40. The SMILES string of the molecule is CCOCOc1cc(C=O)ccc1C(=N)/C(C)=C\C(=N)N[C@H]1C[C@@](C)(O)C1. The van der Waals surface area contributed by atoms with E-state index in [9.17, 15) is 9.90 Å². The van der Waals surface area contributed by atoms with E-state index < -0.39 is 5.60 Å². The van der Waals surface area contributed by atoms with Crippen molar-refractivity contribution >= 4 is 17.8 Å². The molecule has 0 aliphatic heterocycles. The average Bonchev–Trinajstić information content (AvgIpc) is 2.59. The molecule has 1 aromatic rings. The van der Waals surface area contributed by atoms with Crippen LogP contribution >= 0.6 is 0 Å². The van der Waals surface area contributed by atoms with Gasteiger partial charge in [0.1, 0.15) is 17.9 Å². The third-order valence-corrected chi connectivity index (χ3v) is 4.40. The quantitative estimate of drug-likeness (QED) is 0.175. The minimum Gasteiger partial charge on any atom is -0.467 e. The van der Waals surface area contributed by atoms with Crippen molar-refractivity contribution in [1.82, 2.24) is 5.32 Å². The molecule has 0 unspecified atom stereocenters. The van der Waals surface area contributed by atoms with Gasteiger partial charge in [-0.2, -0.15) is 0 Å². The fourth-order valence-electron chi connectivity index (χ4n) is 2.99. The number of aldehydes is 1. The zero-order valence-electron chi connectivity index (χ0n) is 16.0. The van der Waals surface area contributed by atoms with Crippen molar-refractivity contribution in [3.63, 3.8) is 0 Å². The van der Waals surface area contributed by atoms with E-state index >= 15 is 0 Å². The number of ether oxygens (including phenoxy) is 2. The Morgan fingerprint density at radius 2 is 2.11 bits per heavy atom. The van der Waals surface area contributed by atoms with E-state index in [-0.39, 0.29) is 24.4 Å². The molecule has 0 amide bonds. The average molecular weight is 373 g/mol. The number of rotatable bonds is 9. The maximum absolute atomic E-state index is 11.0. The van der Waals surface area contributed by atoms with E-state index in [1.54, 1.807) is 38.1 Å². The number of carbonyl (C=O) groups excluding carboxylic acids is 1. The Morgan fingerprint density at radius 3 is 2.70 bits per heavy atom. The van der Waals surface area contributed by atoms with Crippen molar-refractivity contribution in [2.75, 3.05) is 13.4 Å². The maximum atomic E-state index is 11.0. The lowest BCUT2D eigenvalue weighted by Gasteiger charge is -2.41. The fourth-order valence-corrected chi connectivity index (χ4v) is 2.99. The Balaban J connectivity index is 2.10. The Labute approximate surface area is 159 Å². The van der Waals surface area contributed by atoms with Gasteiger partial charge in [0.15, 0.2) is 6.79 Å². The number of benzene rings is 1. The molecule has 27 heavy (non-hydrogen) atoms. The molecule has 146 valence electrons. The van der Waals surface area contributed by atoms with Crippen molar-refractivity contribution in [3.05, 3.63) is 41.0 Å². The molecule has 0 radical (unpaired) electrons. The second-order valence-electron chi connectivity index (χ2n) is 6.99. The van der Waals surface area contributed by atoms with Crippen LogP contribution in [0.2, 0.25) is 0 Å². The normalized spacial score (nSPS) is 21.9. The first-order chi connectivity index (χ1) is 12.8. The lowest BCUT2D eigenvalue weighted by atomic mass is 9.77. The number of hydrogen-bond acceptors (Lipinski definition) is 6. The van der Waals surface area contributed by atoms with Gasteiger partial charge in [-0.15, -0.1) is 0 Å². The minimum absolute atomic E-state index is 0.0286. The summed E-state index contributed by atoms with van der Waals surface area (Å²) in [7, 11) is 0. The highest BCUT2D eigenvalue weighted by Crippen LogP contribution is 2.31. The lowest BCUT2D eigenvalue weighted by Crippen LogP contribution is -2.53. The van der Waals surface area contributed by atoms with Crippen molar-refractivity contribution in [3.8, 4) is 5.75 Å². The van der Waals surface area contributed by atoms with Gasteiger partial charge in [-0.05, 0) is 57.4 Å². The molecule has 0 saturated heterocycles. The Kier molecular flexibility index (Phi) is 6.87. The maximum Gasteiger partial charge on any atom is 0.189 e. The lowest BCUT2D eigenvalue weighted by molar-refractivity contribution is -0.0339. The van der Waals surface area contributed by atoms with Gasteiger partial charge >= 0.3 is 0 Å². The molecule has 4 N–H and O–H groups in total. The van der Waals surface area contributed by atoms with Crippen LogP contribution in [0.25, 0.3) is 0 Å². The number of nitrogens with one attached hydrogen (secondary N) is 3. The van der Waals surface area contributed by atoms with Gasteiger partial charge in [0, 0.05) is 23.8 Å². The van der Waals surface area contributed by atoms with Gasteiger partial charge in [0.2, 0.25) is 0 Å². The molecule has 0 aromatic heterocycles. The fraction of sp³-hybridized carbons (Fsp3) is 0.450. The highest BCUT2D eigenvalue weighted by atomic mass is 16.7. The van der Waals surface area contributed by atoms with Gasteiger partial charge in [-0.1, -0.05) is 6.07 Å². The Morgan fingerprint density at radius 1 is 1.41 bits per heavy atom. The predicted octanol–water partition coefficient (Wildman–Crippen LogP) is 2.67. The Hall–Kier alpha value is -2.51. The van der Waals surface area contributed by atoms with Crippen LogP contribution in [0.5, 0.6) is 5.75 Å². The van der Waals surface area contributed by atoms with Crippen LogP contribution in [-0.4, -0.2) is 48.0 Å². The van der Waals surface area contributed by atoms with Crippen molar-refractivity contribution in [2.45, 2.75) is 45.3 Å². The van der Waals surface area contributed by atoms with Gasteiger partial charge in [0.05, 0.1) is 11.3 Å². The second kappa shape index (κ2) is 8.92. The molecule has 0 atom stereocenters. The second-order valence-corrected chi connectivity index (χ2v) is 6.99. The van der Waals surface area contributed by atoms with E-state index in [2.05, 4.69) is 5.32 Å². The highest BCUT2D eigenvalue weighted by Gasteiger charge is 2.38. The molecule has 1 aliphatic rings. The summed E-state index contributed by atoms with van der Waals surface area (Å²) in [5.41, 5.74) is 1.10.